The highest BCUT2D eigenvalue weighted by Crippen LogP contribution is 2.40. The molecule has 0 N–H and O–H groups in total. The van der Waals surface area contributed by atoms with Crippen molar-refractivity contribution in [1.29, 1.82) is 0 Å². The van der Waals surface area contributed by atoms with Gasteiger partial charge in [0.25, 0.3) is 0 Å². The highest BCUT2D eigenvalue weighted by Gasteiger charge is 2.45. The van der Waals surface area contributed by atoms with E-state index in [2.05, 4.69) is 72.1 Å². The molecule has 2 aromatic rings. The first-order valence-corrected chi connectivity index (χ1v) is 7.16. The summed E-state index contributed by atoms with van der Waals surface area (Å²) in [6.45, 7) is 0. The fraction of sp³-hybridized carbons (Fsp3) is 0.235. The van der Waals surface area contributed by atoms with Gasteiger partial charge in [-0.25, -0.2) is 9.48 Å². The number of likely N-dealkylation sites (N-methyl/N-ethyl adjacent to an activating group) is 2. The monoisotopic (exact) mass is 320 g/mol. The molecule has 4 heteroatoms. The minimum Gasteiger partial charge on any atom is -1.00 e. The summed E-state index contributed by atoms with van der Waals surface area (Å²) in [6.07, 6.45) is 0. The molecule has 0 amide bonds. The first-order chi connectivity index (χ1) is 9.70. The van der Waals surface area contributed by atoms with Crippen LogP contribution in [0.1, 0.15) is 23.2 Å². The summed E-state index contributed by atoms with van der Waals surface area (Å²) >= 11 is 6.47. The van der Waals surface area contributed by atoms with Gasteiger partial charge in [-0.2, -0.15) is 0 Å². The van der Waals surface area contributed by atoms with Gasteiger partial charge in [0, 0.05) is 22.7 Å². The number of hydrogen-bond acceptors (Lipinski definition) is 1. The van der Waals surface area contributed by atoms with Crippen LogP contribution in [0.15, 0.2) is 60.7 Å². The molecule has 0 aliphatic carbocycles. The molecular weight excluding hydrogens is 303 g/mol. The van der Waals surface area contributed by atoms with E-state index >= 15 is 0 Å². The Morgan fingerprint density at radius 1 is 0.905 bits per heavy atom. The first kappa shape index (κ1) is 15.9. The summed E-state index contributed by atoms with van der Waals surface area (Å²) in [5.41, 5.74) is 2.57. The molecule has 2 atom stereocenters. The van der Waals surface area contributed by atoms with Crippen LogP contribution in [0.25, 0.3) is 0 Å². The Balaban J connectivity index is 0.00000161. The molecule has 0 fully saturated rings. The van der Waals surface area contributed by atoms with Crippen LogP contribution >= 0.6 is 11.6 Å². The van der Waals surface area contributed by atoms with Crippen LogP contribution in [0.5, 0.6) is 0 Å². The Morgan fingerprint density at radius 2 is 1.38 bits per heavy atom. The number of rotatable bonds is 2. The van der Waals surface area contributed by atoms with Crippen molar-refractivity contribution in [3.05, 3.63) is 71.8 Å². The summed E-state index contributed by atoms with van der Waals surface area (Å²) in [5, 5.41) is 0.785. The molecular formula is C17H18Cl2N2. The molecule has 110 valence electrons. The highest BCUT2D eigenvalue weighted by atomic mass is 35.5. The molecule has 0 saturated heterocycles. The van der Waals surface area contributed by atoms with Gasteiger partial charge in [-0.1, -0.05) is 60.7 Å². The average Bonchev–Trinajstić information content (AvgIpc) is 2.73. The second-order valence-corrected chi connectivity index (χ2v) is 5.54. The molecule has 2 nitrogen and oxygen atoms in total. The summed E-state index contributed by atoms with van der Waals surface area (Å²) in [4.78, 5) is 2.15. The van der Waals surface area contributed by atoms with Crippen LogP contribution in [-0.2, 0) is 0 Å². The maximum absolute atomic E-state index is 6.47. The Kier molecular flexibility index (Phi) is 4.92. The summed E-state index contributed by atoms with van der Waals surface area (Å²) < 4.78 is 2.15. The minimum atomic E-state index is 0. The van der Waals surface area contributed by atoms with E-state index in [1.54, 1.807) is 0 Å². The van der Waals surface area contributed by atoms with Crippen LogP contribution in [-0.4, -0.2) is 28.9 Å². The maximum Gasteiger partial charge on any atom is 0.345 e. The summed E-state index contributed by atoms with van der Waals surface area (Å²) in [7, 11) is 4.11. The zero-order valence-corrected chi connectivity index (χ0v) is 13.6. The number of nitrogens with zero attached hydrogens (tertiary/aromatic N) is 2. The molecule has 1 heterocycles. The molecule has 1 aliphatic rings. The van der Waals surface area contributed by atoms with Crippen molar-refractivity contribution in [3.63, 3.8) is 0 Å². The van der Waals surface area contributed by atoms with E-state index < -0.39 is 0 Å². The molecule has 2 aromatic carbocycles. The van der Waals surface area contributed by atoms with Crippen LogP contribution in [0.4, 0.5) is 0 Å². The highest BCUT2D eigenvalue weighted by molar-refractivity contribution is 6.63. The van der Waals surface area contributed by atoms with E-state index in [0.29, 0.717) is 0 Å². The van der Waals surface area contributed by atoms with E-state index in [1.807, 2.05) is 12.1 Å². The Hall–Kier alpha value is -1.51. The van der Waals surface area contributed by atoms with Gasteiger partial charge in [-0.15, -0.1) is 0 Å². The van der Waals surface area contributed by atoms with E-state index in [4.69, 9.17) is 11.6 Å². The molecule has 3 rings (SSSR count). The topological polar surface area (TPSA) is 6.25 Å². The number of hydrogen-bond donors (Lipinski definition) is 0. The molecule has 0 bridgehead atoms. The quantitative estimate of drug-likeness (QED) is 0.582. The van der Waals surface area contributed by atoms with Gasteiger partial charge in [0.05, 0.1) is 14.1 Å². The van der Waals surface area contributed by atoms with Crippen molar-refractivity contribution in [2.75, 3.05) is 14.1 Å². The standard InChI is InChI=1S/C17H18ClN2.ClH/c1-19-15(13-9-5-3-6-10-13)16(20(2)17(19)18)14-11-7-4-8-12-14;/h3-12,15-16H,1-2H3;1H/q+1;/p-1/t15-,16-;/m1./s1. The van der Waals surface area contributed by atoms with E-state index in [9.17, 15) is 0 Å². The van der Waals surface area contributed by atoms with Crippen LogP contribution in [0.3, 0.4) is 0 Å². The molecule has 0 radical (unpaired) electrons. The fourth-order valence-corrected chi connectivity index (χ4v) is 3.22. The second-order valence-electron chi connectivity index (χ2n) is 5.20. The molecule has 0 aromatic heterocycles. The van der Waals surface area contributed by atoms with Crippen molar-refractivity contribution >= 4 is 16.9 Å². The lowest BCUT2D eigenvalue weighted by atomic mass is 9.93. The number of amidine groups is 1. The van der Waals surface area contributed by atoms with E-state index in [-0.39, 0.29) is 24.5 Å². The first-order valence-electron chi connectivity index (χ1n) is 6.78. The lowest BCUT2D eigenvalue weighted by molar-refractivity contribution is -0.536. The smallest absolute Gasteiger partial charge is 0.345 e. The number of halogens is 2. The summed E-state index contributed by atoms with van der Waals surface area (Å²) in [6, 6.07) is 21.5. The lowest BCUT2D eigenvalue weighted by Gasteiger charge is -2.21. The molecule has 21 heavy (non-hydrogen) atoms. The van der Waals surface area contributed by atoms with Crippen molar-refractivity contribution in [2.45, 2.75) is 12.1 Å². The second kappa shape index (κ2) is 6.50. The van der Waals surface area contributed by atoms with Gasteiger partial charge in [-0.05, 0) is 0 Å². The largest absolute Gasteiger partial charge is 1.00 e. The van der Waals surface area contributed by atoms with Crippen LogP contribution < -0.4 is 12.4 Å². The third kappa shape index (κ3) is 2.78. The van der Waals surface area contributed by atoms with Crippen molar-refractivity contribution in [3.8, 4) is 0 Å². The zero-order chi connectivity index (χ0) is 14.1. The average molecular weight is 321 g/mol. The SMILES string of the molecule is CN1C(Cl)=[N+](C)[C@H](c2ccccc2)[C@H]1c1ccccc1.[Cl-]. The van der Waals surface area contributed by atoms with Crippen molar-refractivity contribution < 1.29 is 17.0 Å². The van der Waals surface area contributed by atoms with Gasteiger partial charge in [0.1, 0.15) is 0 Å². The molecule has 1 aliphatic heterocycles. The van der Waals surface area contributed by atoms with E-state index in [0.717, 1.165) is 5.29 Å². The van der Waals surface area contributed by atoms with Gasteiger partial charge < -0.3 is 12.4 Å². The van der Waals surface area contributed by atoms with Gasteiger partial charge in [0.15, 0.2) is 12.1 Å². The summed E-state index contributed by atoms with van der Waals surface area (Å²) in [5.74, 6) is 0. The molecule has 0 unspecified atom stereocenters. The minimum absolute atomic E-state index is 0. The van der Waals surface area contributed by atoms with E-state index in [1.165, 1.54) is 11.1 Å². The van der Waals surface area contributed by atoms with Crippen LogP contribution in [0.2, 0.25) is 0 Å². The van der Waals surface area contributed by atoms with Crippen LogP contribution in [0, 0.1) is 0 Å². The number of benzene rings is 2. The lowest BCUT2D eigenvalue weighted by Crippen LogP contribution is -3.00. The molecule has 0 spiro atoms. The maximum atomic E-state index is 6.47. The van der Waals surface area contributed by atoms with Crippen molar-refractivity contribution in [1.82, 2.24) is 4.90 Å². The van der Waals surface area contributed by atoms with Gasteiger partial charge in [-0.3, -0.25) is 0 Å². The Bertz CT molecular complexity index is 626. The predicted molar refractivity (Wildman–Crippen MR) is 83.2 cm³/mol. The third-order valence-electron chi connectivity index (χ3n) is 4.00. The predicted octanol–water partition coefficient (Wildman–Crippen LogP) is 0.655. The Morgan fingerprint density at radius 3 is 1.90 bits per heavy atom. The molecule has 0 saturated carbocycles. The van der Waals surface area contributed by atoms with Gasteiger partial charge in [0.2, 0.25) is 0 Å². The Labute approximate surface area is 137 Å². The third-order valence-corrected chi connectivity index (χ3v) is 4.53. The normalized spacial score (nSPS) is 21.4. The fourth-order valence-electron chi connectivity index (χ4n) is 3.01. The zero-order valence-electron chi connectivity index (χ0n) is 12.1. The van der Waals surface area contributed by atoms with Gasteiger partial charge >= 0.3 is 5.29 Å². The van der Waals surface area contributed by atoms with Crippen molar-refractivity contribution in [2.24, 2.45) is 0 Å².